The van der Waals surface area contributed by atoms with Gasteiger partial charge < -0.3 is 10.2 Å². The van der Waals surface area contributed by atoms with Gasteiger partial charge in [0.1, 0.15) is 0 Å². The highest BCUT2D eigenvalue weighted by molar-refractivity contribution is 6.17. The summed E-state index contributed by atoms with van der Waals surface area (Å²) in [5.41, 5.74) is 0. The number of halogens is 1. The molecule has 0 aliphatic rings. The minimum Gasteiger partial charge on any atom is -0.313 e. The topological polar surface area (TPSA) is 15.3 Å². The number of hydrogen-bond donors (Lipinski definition) is 1. The van der Waals surface area contributed by atoms with Crippen LogP contribution in [0.3, 0.4) is 0 Å². The van der Waals surface area contributed by atoms with Crippen LogP contribution in [0.1, 0.15) is 19.8 Å². The normalized spacial score (nSPS) is 13.8. The van der Waals surface area contributed by atoms with E-state index in [2.05, 4.69) is 31.2 Å². The third-order valence-corrected chi connectivity index (χ3v) is 2.09. The molecule has 0 aromatic heterocycles. The Morgan fingerprint density at radius 1 is 1.42 bits per heavy atom. The minimum absolute atomic E-state index is 0.601. The van der Waals surface area contributed by atoms with E-state index in [4.69, 9.17) is 11.6 Å². The predicted octanol–water partition coefficient (Wildman–Crippen LogP) is 1.55. The Morgan fingerprint density at radius 2 is 2.08 bits per heavy atom. The standard InChI is InChI=1S/C9H21ClN2/c1-9(5-4-6-10)11-7-8-12(2)3/h9,11H,4-8H2,1-3H3. The first-order chi connectivity index (χ1) is 5.66. The molecule has 1 atom stereocenters. The van der Waals surface area contributed by atoms with Crippen molar-refractivity contribution < 1.29 is 0 Å². The minimum atomic E-state index is 0.601. The van der Waals surface area contributed by atoms with Crippen molar-refractivity contribution in [2.75, 3.05) is 33.1 Å². The van der Waals surface area contributed by atoms with Crippen molar-refractivity contribution in [3.63, 3.8) is 0 Å². The highest BCUT2D eigenvalue weighted by atomic mass is 35.5. The van der Waals surface area contributed by atoms with Gasteiger partial charge in [0.15, 0.2) is 0 Å². The molecule has 0 fully saturated rings. The molecule has 3 heteroatoms. The largest absolute Gasteiger partial charge is 0.313 e. The van der Waals surface area contributed by atoms with Crippen LogP contribution in [-0.2, 0) is 0 Å². The summed E-state index contributed by atoms with van der Waals surface area (Å²) in [7, 11) is 4.18. The van der Waals surface area contributed by atoms with E-state index >= 15 is 0 Å². The molecule has 0 radical (unpaired) electrons. The fourth-order valence-corrected chi connectivity index (χ4v) is 1.17. The molecule has 0 saturated heterocycles. The van der Waals surface area contributed by atoms with Gasteiger partial charge in [0.2, 0.25) is 0 Å². The van der Waals surface area contributed by atoms with E-state index in [-0.39, 0.29) is 0 Å². The zero-order chi connectivity index (χ0) is 9.40. The van der Waals surface area contributed by atoms with Crippen molar-refractivity contribution in [1.29, 1.82) is 0 Å². The van der Waals surface area contributed by atoms with Crippen LogP contribution in [0.2, 0.25) is 0 Å². The maximum atomic E-state index is 5.59. The average molecular weight is 193 g/mol. The highest BCUT2D eigenvalue weighted by Gasteiger charge is 1.99. The van der Waals surface area contributed by atoms with Crippen LogP contribution < -0.4 is 5.32 Å². The van der Waals surface area contributed by atoms with E-state index in [0.717, 1.165) is 25.4 Å². The van der Waals surface area contributed by atoms with Crippen LogP contribution in [0, 0.1) is 0 Å². The lowest BCUT2D eigenvalue weighted by Crippen LogP contribution is -2.32. The van der Waals surface area contributed by atoms with Gasteiger partial charge in [0.25, 0.3) is 0 Å². The third-order valence-electron chi connectivity index (χ3n) is 1.82. The van der Waals surface area contributed by atoms with Crippen LogP contribution in [0.15, 0.2) is 0 Å². The van der Waals surface area contributed by atoms with Gasteiger partial charge in [-0.2, -0.15) is 0 Å². The molecule has 0 aliphatic carbocycles. The summed E-state index contributed by atoms with van der Waals surface area (Å²) in [5.74, 6) is 0.777. The summed E-state index contributed by atoms with van der Waals surface area (Å²) >= 11 is 5.59. The highest BCUT2D eigenvalue weighted by Crippen LogP contribution is 1.97. The van der Waals surface area contributed by atoms with Crippen LogP contribution in [0.25, 0.3) is 0 Å². The lowest BCUT2D eigenvalue weighted by atomic mass is 10.2. The maximum absolute atomic E-state index is 5.59. The Morgan fingerprint density at radius 3 is 2.58 bits per heavy atom. The molecule has 0 aliphatic heterocycles. The van der Waals surface area contributed by atoms with E-state index in [9.17, 15) is 0 Å². The molecule has 0 heterocycles. The molecule has 0 saturated carbocycles. The summed E-state index contributed by atoms with van der Waals surface area (Å²) < 4.78 is 0. The Hall–Kier alpha value is 0.210. The Balaban J connectivity index is 3.13. The van der Waals surface area contributed by atoms with Gasteiger partial charge in [-0.15, -0.1) is 11.6 Å². The first kappa shape index (κ1) is 12.2. The first-order valence-corrected chi connectivity index (χ1v) is 5.14. The Kier molecular flexibility index (Phi) is 7.98. The van der Waals surface area contributed by atoms with Crippen molar-refractivity contribution in [3.8, 4) is 0 Å². The van der Waals surface area contributed by atoms with Crippen LogP contribution in [0.4, 0.5) is 0 Å². The lowest BCUT2D eigenvalue weighted by molar-refractivity contribution is 0.382. The fraction of sp³-hybridized carbons (Fsp3) is 1.00. The molecule has 0 amide bonds. The molecule has 74 valence electrons. The van der Waals surface area contributed by atoms with Gasteiger partial charge in [-0.1, -0.05) is 0 Å². The second kappa shape index (κ2) is 7.84. The Labute approximate surface area is 81.3 Å². The third kappa shape index (κ3) is 8.31. The second-order valence-corrected chi connectivity index (χ2v) is 3.87. The molecule has 1 N–H and O–H groups in total. The van der Waals surface area contributed by atoms with Gasteiger partial charge in [-0.25, -0.2) is 0 Å². The summed E-state index contributed by atoms with van der Waals surface area (Å²) in [5, 5.41) is 3.45. The van der Waals surface area contributed by atoms with Crippen molar-refractivity contribution in [2.45, 2.75) is 25.8 Å². The van der Waals surface area contributed by atoms with E-state index in [1.807, 2.05) is 0 Å². The second-order valence-electron chi connectivity index (χ2n) is 3.49. The van der Waals surface area contributed by atoms with Gasteiger partial charge in [0, 0.05) is 25.0 Å². The maximum Gasteiger partial charge on any atom is 0.0224 e. The number of alkyl halides is 1. The molecule has 1 unspecified atom stereocenters. The number of nitrogens with zero attached hydrogens (tertiary/aromatic N) is 1. The van der Waals surface area contributed by atoms with Crippen LogP contribution in [0.5, 0.6) is 0 Å². The molecule has 0 spiro atoms. The summed E-state index contributed by atoms with van der Waals surface area (Å²) in [4.78, 5) is 2.18. The number of hydrogen-bond acceptors (Lipinski definition) is 2. The van der Waals surface area contributed by atoms with Gasteiger partial charge >= 0.3 is 0 Å². The molecule has 0 rings (SSSR count). The molecular weight excluding hydrogens is 172 g/mol. The van der Waals surface area contributed by atoms with Crippen LogP contribution in [-0.4, -0.2) is 44.0 Å². The summed E-state index contributed by atoms with van der Waals surface area (Å²) in [6.07, 6.45) is 2.29. The molecule has 0 aromatic carbocycles. The van der Waals surface area contributed by atoms with Crippen LogP contribution >= 0.6 is 11.6 Å². The Bertz CT molecular complexity index is 96.5. The van der Waals surface area contributed by atoms with E-state index in [1.54, 1.807) is 0 Å². The van der Waals surface area contributed by atoms with Gasteiger partial charge in [-0.3, -0.25) is 0 Å². The van der Waals surface area contributed by atoms with Gasteiger partial charge in [0.05, 0.1) is 0 Å². The monoisotopic (exact) mass is 192 g/mol. The van der Waals surface area contributed by atoms with E-state index < -0.39 is 0 Å². The molecular formula is C9H21ClN2. The zero-order valence-corrected chi connectivity index (χ0v) is 9.19. The van der Waals surface area contributed by atoms with Crippen molar-refractivity contribution in [2.24, 2.45) is 0 Å². The predicted molar refractivity (Wildman–Crippen MR) is 56.0 cm³/mol. The smallest absolute Gasteiger partial charge is 0.0224 e. The SMILES string of the molecule is CC(CCCCl)NCCN(C)C. The zero-order valence-electron chi connectivity index (χ0n) is 8.44. The average Bonchev–Trinajstić information content (AvgIpc) is 2.00. The number of likely N-dealkylation sites (N-methyl/N-ethyl adjacent to an activating group) is 1. The van der Waals surface area contributed by atoms with Gasteiger partial charge in [-0.05, 0) is 33.9 Å². The van der Waals surface area contributed by atoms with Crippen molar-refractivity contribution >= 4 is 11.6 Å². The summed E-state index contributed by atoms with van der Waals surface area (Å²) in [6.45, 7) is 4.38. The molecule has 12 heavy (non-hydrogen) atoms. The molecule has 0 aromatic rings. The lowest BCUT2D eigenvalue weighted by Gasteiger charge is -2.15. The van der Waals surface area contributed by atoms with Crippen molar-refractivity contribution in [1.82, 2.24) is 10.2 Å². The quantitative estimate of drug-likeness (QED) is 0.616. The van der Waals surface area contributed by atoms with E-state index in [1.165, 1.54) is 6.42 Å². The molecule has 0 bridgehead atoms. The first-order valence-electron chi connectivity index (χ1n) is 4.61. The molecule has 2 nitrogen and oxygen atoms in total. The van der Waals surface area contributed by atoms with Crippen molar-refractivity contribution in [3.05, 3.63) is 0 Å². The van der Waals surface area contributed by atoms with E-state index in [0.29, 0.717) is 6.04 Å². The fourth-order valence-electron chi connectivity index (χ4n) is 1.02. The summed E-state index contributed by atoms with van der Waals surface area (Å²) in [6, 6.07) is 0.601. The number of rotatable bonds is 7. The number of nitrogens with one attached hydrogen (secondary N) is 1.